The van der Waals surface area contributed by atoms with Gasteiger partial charge in [-0.15, -0.1) is 0 Å². The highest BCUT2D eigenvalue weighted by molar-refractivity contribution is 7.99. The molecule has 0 spiro atoms. The monoisotopic (exact) mass is 277 g/mol. The Morgan fingerprint density at radius 2 is 1.84 bits per heavy atom. The summed E-state index contributed by atoms with van der Waals surface area (Å²) in [6.07, 6.45) is 3.52. The number of hydrogen-bond donors (Lipinski definition) is 1. The Hall–Kier alpha value is -1.46. The maximum atomic E-state index is 13.6. The van der Waals surface area contributed by atoms with Crippen molar-refractivity contribution < 1.29 is 4.39 Å². The predicted molar refractivity (Wildman–Crippen MR) is 74.6 cm³/mol. The Bertz CT molecular complexity index is 582. The molecule has 0 aliphatic heterocycles. The molecular formula is C14H16FN3S. The molecule has 3 nitrogen and oxygen atoms in total. The average molecular weight is 277 g/mol. The van der Waals surface area contributed by atoms with Gasteiger partial charge in [0.1, 0.15) is 5.82 Å². The van der Waals surface area contributed by atoms with E-state index in [4.69, 9.17) is 5.73 Å². The van der Waals surface area contributed by atoms with Crippen LogP contribution < -0.4 is 5.73 Å². The lowest BCUT2D eigenvalue weighted by molar-refractivity contribution is 0.610. The molecule has 1 aromatic heterocycles. The molecule has 0 bridgehead atoms. The lowest BCUT2D eigenvalue weighted by atomic mass is 10.1. The van der Waals surface area contributed by atoms with Gasteiger partial charge in [-0.05, 0) is 61.4 Å². The molecule has 0 amide bonds. The molecule has 0 saturated heterocycles. The smallest absolute Gasteiger partial charge is 0.192 e. The van der Waals surface area contributed by atoms with E-state index in [0.717, 1.165) is 16.0 Å². The minimum atomic E-state index is -0.235. The molecule has 0 aliphatic carbocycles. The highest BCUT2D eigenvalue weighted by atomic mass is 32.2. The number of nitrogens with two attached hydrogens (primary N) is 1. The first kappa shape index (κ1) is 14.0. The van der Waals surface area contributed by atoms with E-state index in [-0.39, 0.29) is 11.9 Å². The van der Waals surface area contributed by atoms with Crippen molar-refractivity contribution >= 4 is 11.8 Å². The number of aromatic nitrogens is 2. The van der Waals surface area contributed by atoms with Crippen molar-refractivity contribution in [1.29, 1.82) is 0 Å². The number of halogens is 1. The van der Waals surface area contributed by atoms with E-state index < -0.39 is 0 Å². The Balaban J connectivity index is 2.38. The van der Waals surface area contributed by atoms with Gasteiger partial charge in [-0.1, -0.05) is 0 Å². The zero-order valence-corrected chi connectivity index (χ0v) is 12.0. The summed E-state index contributed by atoms with van der Waals surface area (Å²) in [4.78, 5) is 9.39. The number of rotatable bonds is 3. The third-order valence-corrected chi connectivity index (χ3v) is 3.71. The summed E-state index contributed by atoms with van der Waals surface area (Å²) < 4.78 is 13.6. The molecule has 100 valence electrons. The van der Waals surface area contributed by atoms with Crippen LogP contribution in [0.15, 0.2) is 34.6 Å². The number of benzene rings is 1. The zero-order valence-electron chi connectivity index (χ0n) is 11.1. The first-order chi connectivity index (χ1) is 8.97. The molecule has 5 heteroatoms. The maximum Gasteiger partial charge on any atom is 0.192 e. The van der Waals surface area contributed by atoms with Gasteiger partial charge in [0.05, 0.1) is 0 Å². The van der Waals surface area contributed by atoms with Crippen LogP contribution in [0.4, 0.5) is 4.39 Å². The van der Waals surface area contributed by atoms with Gasteiger partial charge >= 0.3 is 0 Å². The molecule has 2 aromatic rings. The van der Waals surface area contributed by atoms with Gasteiger partial charge in [-0.3, -0.25) is 0 Å². The van der Waals surface area contributed by atoms with Gasteiger partial charge in [-0.2, -0.15) is 0 Å². The second-order valence-corrected chi connectivity index (χ2v) is 5.58. The molecule has 1 aromatic carbocycles. The van der Waals surface area contributed by atoms with Crippen LogP contribution >= 0.6 is 11.8 Å². The van der Waals surface area contributed by atoms with Crippen LogP contribution in [0.3, 0.4) is 0 Å². The highest BCUT2D eigenvalue weighted by Gasteiger charge is 2.13. The van der Waals surface area contributed by atoms with Crippen LogP contribution in [0.25, 0.3) is 0 Å². The Labute approximate surface area is 116 Å². The first-order valence-corrected chi connectivity index (χ1v) is 6.81. The van der Waals surface area contributed by atoms with E-state index in [1.54, 1.807) is 25.4 Å². The third kappa shape index (κ3) is 3.30. The van der Waals surface area contributed by atoms with E-state index in [9.17, 15) is 4.39 Å². The van der Waals surface area contributed by atoms with E-state index in [1.165, 1.54) is 17.8 Å². The van der Waals surface area contributed by atoms with Crippen molar-refractivity contribution in [3.05, 3.63) is 47.0 Å². The van der Waals surface area contributed by atoms with Crippen LogP contribution in [0.2, 0.25) is 0 Å². The summed E-state index contributed by atoms with van der Waals surface area (Å²) in [5, 5.41) is 0.638. The molecule has 0 aliphatic rings. The standard InChI is InChI=1S/C14H16FN3S/c1-8-6-17-14(18-7-8)19-13-4-9(2)12(15)5-11(13)10(3)16/h4-7,10H,16H2,1-3H3/t10-/m1/s1. The van der Waals surface area contributed by atoms with Crippen molar-refractivity contribution in [2.24, 2.45) is 5.73 Å². The molecule has 2 rings (SSSR count). The summed E-state index contributed by atoms with van der Waals surface area (Å²) in [5.41, 5.74) is 8.27. The predicted octanol–water partition coefficient (Wildman–Crippen LogP) is 3.40. The van der Waals surface area contributed by atoms with Crippen LogP contribution in [-0.2, 0) is 0 Å². The van der Waals surface area contributed by atoms with E-state index >= 15 is 0 Å². The van der Waals surface area contributed by atoms with Crippen LogP contribution in [-0.4, -0.2) is 9.97 Å². The molecular weight excluding hydrogens is 261 g/mol. The highest BCUT2D eigenvalue weighted by Crippen LogP contribution is 2.32. The molecule has 1 atom stereocenters. The fraction of sp³-hybridized carbons (Fsp3) is 0.286. The number of hydrogen-bond acceptors (Lipinski definition) is 4. The van der Waals surface area contributed by atoms with Crippen molar-refractivity contribution in [2.75, 3.05) is 0 Å². The Morgan fingerprint density at radius 3 is 2.42 bits per heavy atom. The fourth-order valence-electron chi connectivity index (χ4n) is 1.65. The summed E-state index contributed by atoms with van der Waals surface area (Å²) in [6.45, 7) is 5.51. The van der Waals surface area contributed by atoms with Gasteiger partial charge < -0.3 is 5.73 Å². The van der Waals surface area contributed by atoms with E-state index in [0.29, 0.717) is 10.7 Å². The Kier molecular flexibility index (Phi) is 4.17. The molecule has 0 saturated carbocycles. The Morgan fingerprint density at radius 1 is 1.21 bits per heavy atom. The van der Waals surface area contributed by atoms with Crippen molar-refractivity contribution in [2.45, 2.75) is 36.9 Å². The van der Waals surface area contributed by atoms with Gasteiger partial charge in [-0.25, -0.2) is 14.4 Å². The molecule has 0 unspecified atom stereocenters. The first-order valence-electron chi connectivity index (χ1n) is 5.99. The van der Waals surface area contributed by atoms with Crippen molar-refractivity contribution in [3.63, 3.8) is 0 Å². The molecule has 1 heterocycles. The normalized spacial score (nSPS) is 12.5. The van der Waals surface area contributed by atoms with Gasteiger partial charge in [0.15, 0.2) is 5.16 Å². The molecule has 2 N–H and O–H groups in total. The molecule has 0 radical (unpaired) electrons. The van der Waals surface area contributed by atoms with Crippen LogP contribution in [0.5, 0.6) is 0 Å². The topological polar surface area (TPSA) is 51.8 Å². The third-order valence-electron chi connectivity index (χ3n) is 2.74. The summed E-state index contributed by atoms with van der Waals surface area (Å²) in [5.74, 6) is -0.235. The second-order valence-electron chi connectivity index (χ2n) is 4.57. The molecule has 19 heavy (non-hydrogen) atoms. The van der Waals surface area contributed by atoms with E-state index in [2.05, 4.69) is 9.97 Å². The maximum absolute atomic E-state index is 13.6. The summed E-state index contributed by atoms with van der Waals surface area (Å²) in [6, 6.07) is 3.06. The summed E-state index contributed by atoms with van der Waals surface area (Å²) >= 11 is 1.41. The summed E-state index contributed by atoms with van der Waals surface area (Å²) in [7, 11) is 0. The van der Waals surface area contributed by atoms with Gasteiger partial charge in [0, 0.05) is 23.3 Å². The van der Waals surface area contributed by atoms with E-state index in [1.807, 2.05) is 13.8 Å². The lowest BCUT2D eigenvalue weighted by Gasteiger charge is -2.13. The molecule has 0 fully saturated rings. The van der Waals surface area contributed by atoms with Crippen molar-refractivity contribution in [3.8, 4) is 0 Å². The SMILES string of the molecule is Cc1cnc(Sc2cc(C)c(F)cc2[C@@H](C)N)nc1. The van der Waals surface area contributed by atoms with Crippen molar-refractivity contribution in [1.82, 2.24) is 9.97 Å². The minimum Gasteiger partial charge on any atom is -0.324 e. The number of nitrogens with zero attached hydrogens (tertiary/aromatic N) is 2. The second kappa shape index (κ2) is 5.67. The lowest BCUT2D eigenvalue weighted by Crippen LogP contribution is -2.07. The average Bonchev–Trinajstić information content (AvgIpc) is 2.36. The zero-order chi connectivity index (χ0) is 14.0. The van der Waals surface area contributed by atoms with Crippen LogP contribution in [0.1, 0.15) is 29.7 Å². The van der Waals surface area contributed by atoms with Gasteiger partial charge in [0.25, 0.3) is 0 Å². The largest absolute Gasteiger partial charge is 0.324 e. The minimum absolute atomic E-state index is 0.233. The quantitative estimate of drug-likeness (QED) is 0.874. The number of aryl methyl sites for hydroxylation is 2. The fourth-order valence-corrected chi connectivity index (χ4v) is 2.65. The van der Waals surface area contributed by atoms with Gasteiger partial charge in [0.2, 0.25) is 0 Å². The van der Waals surface area contributed by atoms with Crippen LogP contribution in [0, 0.1) is 19.7 Å².